The molecule has 1 aliphatic heterocycles. The molecule has 2 aromatic heterocycles. The number of fused-ring (bicyclic) bond motifs is 1. The lowest BCUT2D eigenvalue weighted by atomic mass is 10.1. The van der Waals surface area contributed by atoms with Gasteiger partial charge in [-0.15, -0.1) is 11.3 Å². The Labute approximate surface area is 154 Å². The second-order valence-corrected chi connectivity index (χ2v) is 7.25. The highest BCUT2D eigenvalue weighted by atomic mass is 32.1. The number of nitrogens with zero attached hydrogens (tertiary/aromatic N) is 1. The Morgan fingerprint density at radius 3 is 2.58 bits per heavy atom. The summed E-state index contributed by atoms with van der Waals surface area (Å²) in [6, 6.07) is 8.74. The summed E-state index contributed by atoms with van der Waals surface area (Å²) in [7, 11) is 1.36. The summed E-state index contributed by atoms with van der Waals surface area (Å²) < 4.78 is 11.5. The Bertz CT molecular complexity index is 997. The number of esters is 1. The largest absolute Gasteiger partial charge is 0.465 e. The van der Waals surface area contributed by atoms with Gasteiger partial charge in [0.15, 0.2) is 11.5 Å². The second kappa shape index (κ2) is 6.96. The fourth-order valence-electron chi connectivity index (χ4n) is 3.30. The predicted molar refractivity (Wildman–Crippen MR) is 103 cm³/mol. The molecule has 1 aromatic carbocycles. The quantitative estimate of drug-likeness (QED) is 0.644. The van der Waals surface area contributed by atoms with Crippen LogP contribution in [0.3, 0.4) is 0 Å². The molecule has 3 heterocycles. The van der Waals surface area contributed by atoms with Crippen LogP contribution < -0.4 is 10.3 Å². The minimum Gasteiger partial charge on any atom is -0.465 e. The smallest absolute Gasteiger partial charge is 0.337 e. The van der Waals surface area contributed by atoms with E-state index in [0.717, 1.165) is 37.1 Å². The molecule has 1 fully saturated rings. The van der Waals surface area contributed by atoms with E-state index in [0.29, 0.717) is 21.7 Å². The molecule has 0 radical (unpaired) electrons. The number of rotatable bonds is 3. The van der Waals surface area contributed by atoms with Gasteiger partial charge in [-0.2, -0.15) is 0 Å². The van der Waals surface area contributed by atoms with E-state index in [4.69, 9.17) is 9.15 Å². The molecule has 134 valence electrons. The third-order valence-electron chi connectivity index (χ3n) is 4.72. The van der Waals surface area contributed by atoms with E-state index in [9.17, 15) is 9.59 Å². The van der Waals surface area contributed by atoms with E-state index < -0.39 is 0 Å². The molecule has 0 spiro atoms. The zero-order valence-corrected chi connectivity index (χ0v) is 15.3. The van der Waals surface area contributed by atoms with Crippen molar-refractivity contribution in [3.05, 3.63) is 51.5 Å². The normalized spacial score (nSPS) is 14.6. The molecule has 3 aromatic rings. The number of benzene rings is 1. The lowest BCUT2D eigenvalue weighted by Gasteiger charge is -2.26. The maximum absolute atomic E-state index is 12.5. The highest BCUT2D eigenvalue weighted by Crippen LogP contribution is 2.35. The standard InChI is InChI=1S/C20H19NO4S/c1-24-20(23)14-7-5-13(6-8-14)15-12-26-19-16(22)11-17(25-18(15)19)21-9-3-2-4-10-21/h5-8,11-12H,2-4,9-10H2,1H3. The first-order chi connectivity index (χ1) is 12.7. The Morgan fingerprint density at radius 2 is 1.88 bits per heavy atom. The summed E-state index contributed by atoms with van der Waals surface area (Å²) >= 11 is 1.39. The van der Waals surface area contributed by atoms with Crippen molar-refractivity contribution in [1.29, 1.82) is 0 Å². The molecule has 26 heavy (non-hydrogen) atoms. The molecule has 5 nitrogen and oxygen atoms in total. The van der Waals surface area contributed by atoms with Crippen LogP contribution in [-0.4, -0.2) is 26.2 Å². The van der Waals surface area contributed by atoms with E-state index in [1.807, 2.05) is 17.5 Å². The molecule has 1 aliphatic rings. The van der Waals surface area contributed by atoms with Gasteiger partial charge in [-0.1, -0.05) is 12.1 Å². The minimum absolute atomic E-state index is 0.00532. The van der Waals surface area contributed by atoms with Gasteiger partial charge < -0.3 is 14.1 Å². The Balaban J connectivity index is 1.77. The monoisotopic (exact) mass is 369 g/mol. The first-order valence-corrected chi connectivity index (χ1v) is 9.54. The fourth-order valence-corrected chi connectivity index (χ4v) is 4.22. The number of hydrogen-bond donors (Lipinski definition) is 0. The van der Waals surface area contributed by atoms with Crippen molar-refractivity contribution in [1.82, 2.24) is 0 Å². The van der Waals surface area contributed by atoms with Gasteiger partial charge >= 0.3 is 5.97 Å². The van der Waals surface area contributed by atoms with E-state index in [1.165, 1.54) is 24.9 Å². The number of anilines is 1. The van der Waals surface area contributed by atoms with Crippen LogP contribution in [0, 0.1) is 0 Å². The Hall–Kier alpha value is -2.60. The average molecular weight is 369 g/mol. The first kappa shape index (κ1) is 16.8. The van der Waals surface area contributed by atoms with Gasteiger partial charge in [0, 0.05) is 30.1 Å². The van der Waals surface area contributed by atoms with E-state index in [-0.39, 0.29) is 11.4 Å². The van der Waals surface area contributed by atoms with Gasteiger partial charge in [0.2, 0.25) is 5.43 Å². The average Bonchev–Trinajstić information content (AvgIpc) is 3.13. The molecular weight excluding hydrogens is 350 g/mol. The molecule has 0 bridgehead atoms. The minimum atomic E-state index is -0.370. The summed E-state index contributed by atoms with van der Waals surface area (Å²) in [5, 5.41) is 1.93. The lowest BCUT2D eigenvalue weighted by molar-refractivity contribution is 0.0601. The molecule has 0 amide bonds. The SMILES string of the molecule is COC(=O)c1ccc(-c2csc3c(=O)cc(N4CCCCC4)oc23)cc1. The molecule has 0 aliphatic carbocycles. The molecule has 1 saturated heterocycles. The van der Waals surface area contributed by atoms with Crippen LogP contribution in [-0.2, 0) is 4.74 Å². The highest BCUT2D eigenvalue weighted by Gasteiger charge is 2.18. The lowest BCUT2D eigenvalue weighted by Crippen LogP contribution is -2.29. The number of hydrogen-bond acceptors (Lipinski definition) is 6. The van der Waals surface area contributed by atoms with Crippen LogP contribution in [0.1, 0.15) is 29.6 Å². The molecule has 0 saturated carbocycles. The van der Waals surface area contributed by atoms with Crippen LogP contribution in [0.25, 0.3) is 21.4 Å². The summed E-state index contributed by atoms with van der Waals surface area (Å²) in [4.78, 5) is 26.3. The van der Waals surface area contributed by atoms with Gasteiger partial charge in [-0.3, -0.25) is 4.79 Å². The van der Waals surface area contributed by atoms with Gasteiger partial charge in [-0.05, 0) is 37.0 Å². The third-order valence-corrected chi connectivity index (χ3v) is 5.69. The van der Waals surface area contributed by atoms with E-state index in [2.05, 4.69) is 4.90 Å². The van der Waals surface area contributed by atoms with Crippen LogP contribution in [0.4, 0.5) is 5.88 Å². The molecular formula is C20H19NO4S. The van der Waals surface area contributed by atoms with Crippen molar-refractivity contribution < 1.29 is 13.9 Å². The van der Waals surface area contributed by atoms with Crippen LogP contribution >= 0.6 is 11.3 Å². The summed E-state index contributed by atoms with van der Waals surface area (Å²) in [6.07, 6.45) is 3.46. The highest BCUT2D eigenvalue weighted by molar-refractivity contribution is 7.17. The fraction of sp³-hybridized carbons (Fsp3) is 0.300. The number of ether oxygens (including phenoxy) is 1. The van der Waals surface area contributed by atoms with Crippen LogP contribution in [0.2, 0.25) is 0 Å². The van der Waals surface area contributed by atoms with Crippen LogP contribution in [0.5, 0.6) is 0 Å². The maximum Gasteiger partial charge on any atom is 0.337 e. The molecule has 4 rings (SSSR count). The molecule has 0 unspecified atom stereocenters. The summed E-state index contributed by atoms with van der Waals surface area (Å²) in [5.74, 6) is 0.277. The van der Waals surface area contributed by atoms with Gasteiger partial charge in [-0.25, -0.2) is 4.79 Å². The molecule has 0 N–H and O–H groups in total. The van der Waals surface area contributed by atoms with Crippen molar-refractivity contribution in [2.45, 2.75) is 19.3 Å². The number of carbonyl (C=O) groups excluding carboxylic acids is 1. The maximum atomic E-state index is 12.5. The first-order valence-electron chi connectivity index (χ1n) is 8.66. The third kappa shape index (κ3) is 3.01. The summed E-state index contributed by atoms with van der Waals surface area (Å²) in [6.45, 7) is 1.84. The Kier molecular flexibility index (Phi) is 4.51. The number of thiophene rings is 1. The van der Waals surface area contributed by atoms with Gasteiger partial charge in [0.1, 0.15) is 4.70 Å². The van der Waals surface area contributed by atoms with Gasteiger partial charge in [0.25, 0.3) is 0 Å². The zero-order valence-electron chi connectivity index (χ0n) is 14.5. The number of piperidine rings is 1. The predicted octanol–water partition coefficient (Wildman–Crippen LogP) is 4.30. The van der Waals surface area contributed by atoms with E-state index >= 15 is 0 Å². The number of methoxy groups -OCH3 is 1. The van der Waals surface area contributed by atoms with Crippen molar-refractivity contribution in [2.75, 3.05) is 25.1 Å². The van der Waals surface area contributed by atoms with Crippen LogP contribution in [0.15, 0.2) is 44.9 Å². The van der Waals surface area contributed by atoms with Crippen molar-refractivity contribution in [3.63, 3.8) is 0 Å². The molecule has 6 heteroatoms. The number of carbonyl (C=O) groups is 1. The summed E-state index contributed by atoms with van der Waals surface area (Å²) in [5.41, 5.74) is 2.88. The topological polar surface area (TPSA) is 59.8 Å². The van der Waals surface area contributed by atoms with Crippen molar-refractivity contribution in [3.8, 4) is 11.1 Å². The van der Waals surface area contributed by atoms with Crippen molar-refractivity contribution in [2.24, 2.45) is 0 Å². The Morgan fingerprint density at radius 1 is 1.15 bits per heavy atom. The van der Waals surface area contributed by atoms with Gasteiger partial charge in [0.05, 0.1) is 12.7 Å². The van der Waals surface area contributed by atoms with Crippen molar-refractivity contribution >= 4 is 33.5 Å². The molecule has 0 atom stereocenters. The zero-order chi connectivity index (χ0) is 18.1. The second-order valence-electron chi connectivity index (χ2n) is 6.37. The van der Waals surface area contributed by atoms with E-state index in [1.54, 1.807) is 18.2 Å².